The largest absolute Gasteiger partial charge is 0.319 e. The van der Waals surface area contributed by atoms with Gasteiger partial charge in [-0.05, 0) is 36.2 Å². The van der Waals surface area contributed by atoms with E-state index in [0.29, 0.717) is 21.5 Å². The number of rotatable bonds is 3. The maximum Gasteiger partial charge on any atom is 0.269 e. The molecule has 0 bridgehead atoms. The molecule has 18 heavy (non-hydrogen) atoms. The zero-order chi connectivity index (χ0) is 13.1. The van der Waals surface area contributed by atoms with Crippen molar-refractivity contribution in [2.45, 2.75) is 13.3 Å². The smallest absolute Gasteiger partial charge is 0.269 e. The molecule has 0 saturated carbocycles. The monoisotopic (exact) mass is 329 g/mol. The number of carbonyl (C=O) groups excluding carboxylic acids is 1. The van der Waals surface area contributed by atoms with Crippen LogP contribution < -0.4 is 5.32 Å². The average Bonchev–Trinajstić information content (AvgIpc) is 2.81. The van der Waals surface area contributed by atoms with Crippen LogP contribution in [0.1, 0.15) is 22.3 Å². The highest BCUT2D eigenvalue weighted by Gasteiger charge is 2.16. The first kappa shape index (κ1) is 13.1. The molecule has 0 spiro atoms. The molecule has 94 valence electrons. The van der Waals surface area contributed by atoms with Gasteiger partial charge < -0.3 is 5.32 Å². The van der Waals surface area contributed by atoms with Crippen LogP contribution in [-0.4, -0.2) is 15.5 Å². The Hall–Kier alpha value is -1.34. The highest BCUT2D eigenvalue weighted by atomic mass is 79.9. The van der Waals surface area contributed by atoms with E-state index < -0.39 is 5.82 Å². The van der Waals surface area contributed by atoms with Gasteiger partial charge in [0.05, 0.1) is 11.4 Å². The number of benzene rings is 1. The Labute approximate surface area is 116 Å². The lowest BCUT2D eigenvalue weighted by Gasteiger charge is -2.05. The fourth-order valence-electron chi connectivity index (χ4n) is 1.38. The van der Waals surface area contributed by atoms with Crippen molar-refractivity contribution in [3.63, 3.8) is 0 Å². The molecule has 0 fully saturated rings. The van der Waals surface area contributed by atoms with Crippen LogP contribution in [0, 0.1) is 5.82 Å². The molecule has 1 heterocycles. The molecule has 0 aliphatic carbocycles. The van der Waals surface area contributed by atoms with E-state index in [2.05, 4.69) is 30.8 Å². The Morgan fingerprint density at radius 1 is 1.56 bits per heavy atom. The van der Waals surface area contributed by atoms with Gasteiger partial charge in [0.2, 0.25) is 0 Å². The second kappa shape index (κ2) is 5.53. The number of carbonyl (C=O) groups is 1. The van der Waals surface area contributed by atoms with Gasteiger partial charge in [0.1, 0.15) is 10.7 Å². The molecule has 2 rings (SSSR count). The predicted molar refractivity (Wildman–Crippen MR) is 71.3 cm³/mol. The van der Waals surface area contributed by atoms with Crippen LogP contribution in [0.15, 0.2) is 22.7 Å². The van der Waals surface area contributed by atoms with Gasteiger partial charge in [0, 0.05) is 4.47 Å². The van der Waals surface area contributed by atoms with E-state index >= 15 is 0 Å². The lowest BCUT2D eigenvalue weighted by molar-refractivity contribution is 0.102. The van der Waals surface area contributed by atoms with Gasteiger partial charge in [-0.1, -0.05) is 27.3 Å². The summed E-state index contributed by atoms with van der Waals surface area (Å²) in [5.74, 6) is -0.878. The average molecular weight is 330 g/mol. The van der Waals surface area contributed by atoms with Crippen molar-refractivity contribution in [3.8, 4) is 0 Å². The third-order valence-corrected chi connectivity index (χ3v) is 3.54. The summed E-state index contributed by atoms with van der Waals surface area (Å²) in [6.07, 6.45) is 0.613. The molecule has 1 amide bonds. The van der Waals surface area contributed by atoms with Crippen molar-refractivity contribution in [1.82, 2.24) is 9.59 Å². The molecule has 7 heteroatoms. The van der Waals surface area contributed by atoms with Gasteiger partial charge in [-0.25, -0.2) is 4.39 Å². The van der Waals surface area contributed by atoms with Gasteiger partial charge >= 0.3 is 0 Å². The molecular formula is C11H9BrFN3OS. The maximum absolute atomic E-state index is 13.6. The van der Waals surface area contributed by atoms with Crippen LogP contribution in [-0.2, 0) is 6.42 Å². The third-order valence-electron chi connectivity index (χ3n) is 2.28. The molecular weight excluding hydrogens is 321 g/mol. The summed E-state index contributed by atoms with van der Waals surface area (Å²) in [5.41, 5.74) is 0.758. The van der Waals surface area contributed by atoms with Crippen molar-refractivity contribution >= 4 is 39.1 Å². The second-order valence-electron chi connectivity index (χ2n) is 3.48. The summed E-state index contributed by atoms with van der Waals surface area (Å²) in [6, 6.07) is 4.45. The van der Waals surface area contributed by atoms with Crippen molar-refractivity contribution in [2.24, 2.45) is 0 Å². The van der Waals surface area contributed by atoms with Crippen molar-refractivity contribution < 1.29 is 9.18 Å². The van der Waals surface area contributed by atoms with Crippen LogP contribution >= 0.6 is 27.5 Å². The topological polar surface area (TPSA) is 54.9 Å². The molecule has 0 atom stereocenters. The van der Waals surface area contributed by atoms with E-state index in [1.807, 2.05) is 6.92 Å². The molecule has 0 unspecified atom stereocenters. The standard InChI is InChI=1S/C11H9BrFN3OS/c1-2-8-10(18-16-15-8)11(17)14-9-4-3-6(12)5-7(9)13/h3-5H,2H2,1H3,(H,14,17). The number of nitrogens with one attached hydrogen (secondary N) is 1. The first-order valence-electron chi connectivity index (χ1n) is 5.19. The zero-order valence-electron chi connectivity index (χ0n) is 9.41. The summed E-state index contributed by atoms with van der Waals surface area (Å²) in [4.78, 5) is 12.3. The quantitative estimate of drug-likeness (QED) is 0.940. The minimum atomic E-state index is -0.492. The van der Waals surface area contributed by atoms with Crippen molar-refractivity contribution in [2.75, 3.05) is 5.32 Å². The van der Waals surface area contributed by atoms with E-state index in [-0.39, 0.29) is 11.6 Å². The molecule has 0 saturated heterocycles. The summed E-state index contributed by atoms with van der Waals surface area (Å²) >= 11 is 4.16. The van der Waals surface area contributed by atoms with Crippen molar-refractivity contribution in [1.29, 1.82) is 0 Å². The summed E-state index contributed by atoms with van der Waals surface area (Å²) in [5, 5.41) is 6.35. The normalized spacial score (nSPS) is 10.4. The molecule has 4 nitrogen and oxygen atoms in total. The number of halogens is 2. The molecule has 1 aromatic heterocycles. The summed E-state index contributed by atoms with van der Waals surface area (Å²) in [7, 11) is 0. The predicted octanol–water partition coefficient (Wildman–Crippen LogP) is 3.25. The molecule has 0 aliphatic heterocycles. The number of aromatic nitrogens is 2. The Balaban J connectivity index is 2.21. The van der Waals surface area contributed by atoms with E-state index in [0.717, 1.165) is 11.5 Å². The van der Waals surface area contributed by atoms with Gasteiger partial charge in [-0.2, -0.15) is 0 Å². The van der Waals surface area contributed by atoms with Gasteiger partial charge in [0.15, 0.2) is 0 Å². The lowest BCUT2D eigenvalue weighted by atomic mass is 10.2. The second-order valence-corrected chi connectivity index (χ2v) is 5.15. The van der Waals surface area contributed by atoms with Crippen LogP contribution in [0.5, 0.6) is 0 Å². The fraction of sp³-hybridized carbons (Fsp3) is 0.182. The Morgan fingerprint density at radius 3 is 3.00 bits per heavy atom. The van der Waals surface area contributed by atoms with E-state index in [4.69, 9.17) is 0 Å². The Morgan fingerprint density at radius 2 is 2.33 bits per heavy atom. The lowest BCUT2D eigenvalue weighted by Crippen LogP contribution is -2.13. The molecule has 1 N–H and O–H groups in total. The number of anilines is 1. The van der Waals surface area contributed by atoms with Crippen LogP contribution in [0.3, 0.4) is 0 Å². The van der Waals surface area contributed by atoms with Crippen molar-refractivity contribution in [3.05, 3.63) is 39.1 Å². The third kappa shape index (κ3) is 2.73. The molecule has 0 aliphatic rings. The van der Waals surface area contributed by atoms with E-state index in [9.17, 15) is 9.18 Å². The van der Waals surface area contributed by atoms with E-state index in [1.54, 1.807) is 6.07 Å². The summed E-state index contributed by atoms with van der Waals surface area (Å²) in [6.45, 7) is 1.88. The Bertz CT molecular complexity index is 587. The highest BCUT2D eigenvalue weighted by Crippen LogP contribution is 2.21. The SMILES string of the molecule is CCc1nnsc1C(=O)Nc1ccc(Br)cc1F. The minimum absolute atomic E-state index is 0.138. The number of hydrogen-bond acceptors (Lipinski definition) is 4. The minimum Gasteiger partial charge on any atom is -0.319 e. The fourth-order valence-corrected chi connectivity index (χ4v) is 2.36. The molecule has 2 aromatic rings. The number of aryl methyl sites for hydroxylation is 1. The first-order chi connectivity index (χ1) is 8.61. The number of hydrogen-bond donors (Lipinski definition) is 1. The van der Waals surface area contributed by atoms with Crippen LogP contribution in [0.2, 0.25) is 0 Å². The maximum atomic E-state index is 13.6. The highest BCUT2D eigenvalue weighted by molar-refractivity contribution is 9.10. The zero-order valence-corrected chi connectivity index (χ0v) is 11.8. The molecule has 0 radical (unpaired) electrons. The van der Waals surface area contributed by atoms with Gasteiger partial charge in [-0.15, -0.1) is 5.10 Å². The van der Waals surface area contributed by atoms with Crippen LogP contribution in [0.25, 0.3) is 0 Å². The molecule has 1 aromatic carbocycles. The van der Waals surface area contributed by atoms with Crippen LogP contribution in [0.4, 0.5) is 10.1 Å². The first-order valence-corrected chi connectivity index (χ1v) is 6.76. The van der Waals surface area contributed by atoms with Gasteiger partial charge in [-0.3, -0.25) is 4.79 Å². The van der Waals surface area contributed by atoms with Gasteiger partial charge in [0.25, 0.3) is 5.91 Å². The summed E-state index contributed by atoms with van der Waals surface area (Å²) < 4.78 is 17.9. The van der Waals surface area contributed by atoms with E-state index in [1.165, 1.54) is 12.1 Å². The number of nitrogens with zero attached hydrogens (tertiary/aromatic N) is 2. The number of amides is 1. The Kier molecular flexibility index (Phi) is 4.03.